The molecule has 0 saturated carbocycles. The van der Waals surface area contributed by atoms with Gasteiger partial charge in [0.05, 0.1) is 20.1 Å². The van der Waals surface area contributed by atoms with Crippen molar-refractivity contribution in [3.8, 4) is 34.8 Å². The number of phenols is 2. The van der Waals surface area contributed by atoms with Gasteiger partial charge in [-0.2, -0.15) is 10.5 Å². The second-order valence-corrected chi connectivity index (χ2v) is 6.02. The molecule has 0 aliphatic heterocycles. The molecule has 0 fully saturated rings. The number of nitriles is 2. The summed E-state index contributed by atoms with van der Waals surface area (Å²) in [6.07, 6.45) is -0.708. The second-order valence-electron chi connectivity index (χ2n) is 4.86. The standard InChI is InChI=1S/C7H3IN2O3.C6H4O.C4H7NO2/c8-5-1-4(3-9)2-6(7(5)11)10(12)13;7-6-2-1-4-3-5(4)6;1-6-4(3-5)7-2/h1-2,11H;1-3,7H;4H,1-2H3. The molecule has 9 nitrogen and oxygen atoms in total. The molecule has 0 spiro atoms. The summed E-state index contributed by atoms with van der Waals surface area (Å²) in [5, 5.41) is 44.9. The van der Waals surface area contributed by atoms with Gasteiger partial charge in [0, 0.05) is 25.8 Å². The monoisotopic (exact) mass is 483 g/mol. The molecule has 27 heavy (non-hydrogen) atoms. The number of aromatic hydroxyl groups is 2. The third-order valence-electron chi connectivity index (χ3n) is 3.13. The van der Waals surface area contributed by atoms with Crippen LogP contribution in [0.3, 0.4) is 0 Å². The number of hydrogen-bond donors (Lipinski definition) is 2. The molecular weight excluding hydrogens is 469 g/mol. The first-order valence-corrected chi connectivity index (χ1v) is 8.22. The number of nitro groups is 1. The summed E-state index contributed by atoms with van der Waals surface area (Å²) in [7, 11) is 2.83. The Bertz CT molecular complexity index is 916. The van der Waals surface area contributed by atoms with Gasteiger partial charge in [0.1, 0.15) is 11.8 Å². The highest BCUT2D eigenvalue weighted by atomic mass is 127. The fraction of sp³-hybridized carbons (Fsp3) is 0.176. The summed E-state index contributed by atoms with van der Waals surface area (Å²) in [4.78, 5) is 9.65. The Kier molecular flexibility index (Phi) is 8.41. The molecule has 2 aliphatic rings. The van der Waals surface area contributed by atoms with Crippen LogP contribution >= 0.6 is 22.6 Å². The van der Waals surface area contributed by atoms with Crippen LogP contribution in [0.4, 0.5) is 5.69 Å². The summed E-state index contributed by atoms with van der Waals surface area (Å²) >= 11 is 1.73. The number of nitro benzene ring substituents is 1. The zero-order valence-corrected chi connectivity index (χ0v) is 16.4. The fourth-order valence-corrected chi connectivity index (χ4v) is 2.34. The van der Waals surface area contributed by atoms with Crippen molar-refractivity contribution in [1.82, 2.24) is 0 Å². The van der Waals surface area contributed by atoms with E-state index in [0.29, 0.717) is 9.32 Å². The average Bonchev–Trinajstić information content (AvgIpc) is 3.36. The first kappa shape index (κ1) is 22.1. The van der Waals surface area contributed by atoms with Crippen molar-refractivity contribution < 1.29 is 24.6 Å². The normalized spacial score (nSPS) is 9.70. The first-order valence-electron chi connectivity index (χ1n) is 7.14. The van der Waals surface area contributed by atoms with E-state index in [9.17, 15) is 15.2 Å². The quantitative estimate of drug-likeness (QED) is 0.250. The maximum Gasteiger partial charge on any atom is 0.313 e. The van der Waals surface area contributed by atoms with Gasteiger partial charge in [0.25, 0.3) is 0 Å². The van der Waals surface area contributed by atoms with Crippen molar-refractivity contribution >= 4 is 28.3 Å². The lowest BCUT2D eigenvalue weighted by Crippen LogP contribution is -2.08. The number of hydrogen-bond acceptors (Lipinski definition) is 8. The summed E-state index contributed by atoms with van der Waals surface area (Å²) in [6.45, 7) is 0. The molecule has 1 aromatic carbocycles. The lowest BCUT2D eigenvalue weighted by molar-refractivity contribution is -0.386. The molecule has 0 radical (unpaired) electrons. The average molecular weight is 483 g/mol. The maximum absolute atomic E-state index is 10.4. The van der Waals surface area contributed by atoms with Crippen LogP contribution in [0.15, 0.2) is 30.3 Å². The number of benzene rings is 2. The van der Waals surface area contributed by atoms with Crippen LogP contribution in [-0.4, -0.2) is 35.6 Å². The number of halogens is 1. The molecule has 0 atom stereocenters. The van der Waals surface area contributed by atoms with Crippen LogP contribution in [0.5, 0.6) is 11.5 Å². The Balaban J connectivity index is 0.000000220. The smallest absolute Gasteiger partial charge is 0.313 e. The highest BCUT2D eigenvalue weighted by Gasteiger charge is 2.17. The van der Waals surface area contributed by atoms with Crippen molar-refractivity contribution in [3.63, 3.8) is 0 Å². The molecule has 1 aromatic rings. The fourth-order valence-electron chi connectivity index (χ4n) is 1.73. The van der Waals surface area contributed by atoms with Crippen molar-refractivity contribution in [2.24, 2.45) is 0 Å². The minimum absolute atomic E-state index is 0.161. The molecule has 0 heterocycles. The first-order chi connectivity index (χ1) is 12.8. The third kappa shape index (κ3) is 6.38. The van der Waals surface area contributed by atoms with E-state index in [1.807, 2.05) is 12.1 Å². The Morgan fingerprint density at radius 3 is 2.07 bits per heavy atom. The molecule has 0 amide bonds. The number of fused-ring (bicyclic) bond motifs is 1. The predicted molar refractivity (Wildman–Crippen MR) is 103 cm³/mol. The maximum atomic E-state index is 10.4. The number of methoxy groups -OCH3 is 2. The van der Waals surface area contributed by atoms with Crippen molar-refractivity contribution in [2.45, 2.75) is 6.29 Å². The Hall–Kier alpha value is -2.93. The van der Waals surface area contributed by atoms with Gasteiger partial charge in [0.2, 0.25) is 12.0 Å². The summed E-state index contributed by atoms with van der Waals surface area (Å²) in [5.74, 6) is 0.0274. The van der Waals surface area contributed by atoms with E-state index in [0.717, 1.165) is 11.6 Å². The van der Waals surface area contributed by atoms with Crippen LogP contribution in [0.2, 0.25) is 0 Å². The van der Waals surface area contributed by atoms with Gasteiger partial charge in [-0.3, -0.25) is 10.1 Å². The van der Waals surface area contributed by atoms with Crippen LogP contribution in [-0.2, 0) is 9.47 Å². The number of rotatable bonds is 3. The molecule has 0 saturated heterocycles. The highest BCUT2D eigenvalue weighted by Crippen LogP contribution is 2.42. The largest absolute Gasteiger partial charge is 0.507 e. The van der Waals surface area contributed by atoms with Gasteiger partial charge >= 0.3 is 5.69 Å². The van der Waals surface area contributed by atoms with Gasteiger partial charge in [0.15, 0.2) is 0 Å². The zero-order valence-electron chi connectivity index (χ0n) is 14.2. The van der Waals surface area contributed by atoms with E-state index in [1.54, 1.807) is 40.8 Å². The molecule has 140 valence electrons. The number of ether oxygens (including phenoxy) is 2. The van der Waals surface area contributed by atoms with Gasteiger partial charge in [-0.25, -0.2) is 0 Å². The molecule has 0 unspecified atom stereocenters. The number of phenolic OH excluding ortho intramolecular Hbond substituents is 2. The van der Waals surface area contributed by atoms with E-state index < -0.39 is 22.7 Å². The molecule has 0 bridgehead atoms. The van der Waals surface area contributed by atoms with Crippen LogP contribution < -0.4 is 0 Å². The minimum Gasteiger partial charge on any atom is -0.507 e. The lowest BCUT2D eigenvalue weighted by atomic mass is 10.2. The van der Waals surface area contributed by atoms with E-state index in [2.05, 4.69) is 9.47 Å². The summed E-state index contributed by atoms with van der Waals surface area (Å²) in [6, 6.07) is 11.5. The second kappa shape index (κ2) is 10.3. The van der Waals surface area contributed by atoms with E-state index >= 15 is 0 Å². The van der Waals surface area contributed by atoms with Crippen molar-refractivity contribution in [2.75, 3.05) is 14.2 Å². The molecule has 3 rings (SSSR count). The molecule has 0 aromatic heterocycles. The molecule has 2 aliphatic carbocycles. The lowest BCUT2D eigenvalue weighted by Gasteiger charge is -1.99. The van der Waals surface area contributed by atoms with Gasteiger partial charge < -0.3 is 19.7 Å². The summed E-state index contributed by atoms with van der Waals surface area (Å²) in [5.41, 5.74) is 1.94. The third-order valence-corrected chi connectivity index (χ3v) is 3.95. The Morgan fingerprint density at radius 2 is 1.81 bits per heavy atom. The Labute approximate surface area is 168 Å². The van der Waals surface area contributed by atoms with Crippen molar-refractivity contribution in [1.29, 1.82) is 10.5 Å². The molecule has 2 N–H and O–H groups in total. The van der Waals surface area contributed by atoms with E-state index in [1.165, 1.54) is 25.8 Å². The minimum atomic E-state index is -0.724. The number of nitrogens with zero attached hydrogens (tertiary/aromatic N) is 3. The topological polar surface area (TPSA) is 150 Å². The predicted octanol–water partition coefficient (Wildman–Crippen LogP) is 3.28. The molecular formula is C17H14IN3O6. The summed E-state index contributed by atoms with van der Waals surface area (Å²) < 4.78 is 9.23. The van der Waals surface area contributed by atoms with Crippen molar-refractivity contribution in [3.05, 3.63) is 49.6 Å². The van der Waals surface area contributed by atoms with Gasteiger partial charge in [-0.1, -0.05) is 6.07 Å². The SMILES string of the molecule is COC(C#N)OC.N#Cc1cc(I)c(O)c([N+](=O)[O-])c1.Oc1ccc2cc1-2. The van der Waals surface area contributed by atoms with Gasteiger partial charge in [-0.05, 0) is 46.4 Å². The van der Waals surface area contributed by atoms with Crippen LogP contribution in [0.25, 0.3) is 11.1 Å². The van der Waals surface area contributed by atoms with Crippen LogP contribution in [0.1, 0.15) is 5.56 Å². The van der Waals surface area contributed by atoms with E-state index in [4.69, 9.17) is 15.6 Å². The van der Waals surface area contributed by atoms with Gasteiger partial charge in [-0.15, -0.1) is 0 Å². The van der Waals surface area contributed by atoms with Crippen LogP contribution in [0, 0.1) is 36.3 Å². The van der Waals surface area contributed by atoms with E-state index in [-0.39, 0.29) is 5.56 Å². The molecule has 10 heteroatoms. The Morgan fingerprint density at radius 1 is 1.19 bits per heavy atom. The highest BCUT2D eigenvalue weighted by molar-refractivity contribution is 14.1. The zero-order chi connectivity index (χ0) is 20.6.